The molecule has 2 N–H and O–H groups in total. The van der Waals surface area contributed by atoms with Crippen LogP contribution in [0.2, 0.25) is 20.1 Å². The molecular formula is C27H21Cl4N3O5S2. The van der Waals surface area contributed by atoms with E-state index in [2.05, 4.69) is 10.0 Å². The summed E-state index contributed by atoms with van der Waals surface area (Å²) in [7, 11) is -7.66. The summed E-state index contributed by atoms with van der Waals surface area (Å²) >= 11 is 24.2. The second-order valence-electron chi connectivity index (χ2n) is 8.75. The van der Waals surface area contributed by atoms with Crippen LogP contribution in [-0.2, 0) is 26.6 Å². The van der Waals surface area contributed by atoms with Crippen LogP contribution in [-0.4, -0.2) is 29.0 Å². The van der Waals surface area contributed by atoms with Crippen LogP contribution in [0.15, 0.2) is 89.8 Å². The number of rotatable bonds is 9. The SMILES string of the molecule is CS(=O)(=O)N(Cc1ccc(C(=O)Nc2ccc(S(=O)(=O)Nc3ccc(Cl)cc3Cl)cc2)cc1)c1cccc(Cl)c1Cl. The van der Waals surface area contributed by atoms with Crippen molar-refractivity contribution in [3.8, 4) is 0 Å². The highest BCUT2D eigenvalue weighted by atomic mass is 35.5. The van der Waals surface area contributed by atoms with Crippen molar-refractivity contribution in [2.24, 2.45) is 0 Å². The normalized spacial score (nSPS) is 11.6. The quantitative estimate of drug-likeness (QED) is 0.194. The van der Waals surface area contributed by atoms with Crippen molar-refractivity contribution in [2.75, 3.05) is 20.6 Å². The molecule has 0 aromatic heterocycles. The van der Waals surface area contributed by atoms with Crippen molar-refractivity contribution in [2.45, 2.75) is 11.4 Å². The Labute approximate surface area is 257 Å². The summed E-state index contributed by atoms with van der Waals surface area (Å²) in [4.78, 5) is 12.8. The van der Waals surface area contributed by atoms with Gasteiger partial charge < -0.3 is 5.32 Å². The number of nitrogens with zero attached hydrogens (tertiary/aromatic N) is 1. The third-order valence-corrected chi connectivity index (χ3v) is 9.61. The summed E-state index contributed by atoms with van der Waals surface area (Å²) < 4.78 is 54.0. The fourth-order valence-corrected chi connectivity index (χ4v) is 6.62. The van der Waals surface area contributed by atoms with E-state index in [4.69, 9.17) is 46.4 Å². The number of hydrogen-bond acceptors (Lipinski definition) is 5. The zero-order valence-electron chi connectivity index (χ0n) is 21.1. The van der Waals surface area contributed by atoms with Crippen LogP contribution in [0.5, 0.6) is 0 Å². The zero-order chi connectivity index (χ0) is 29.9. The Bertz CT molecular complexity index is 1820. The van der Waals surface area contributed by atoms with Crippen LogP contribution in [0, 0.1) is 0 Å². The highest BCUT2D eigenvalue weighted by Crippen LogP contribution is 2.34. The van der Waals surface area contributed by atoms with E-state index in [1.165, 1.54) is 42.5 Å². The number of anilines is 3. The molecule has 0 radical (unpaired) electrons. The van der Waals surface area contributed by atoms with Gasteiger partial charge in [0.2, 0.25) is 10.0 Å². The monoisotopic (exact) mass is 671 g/mol. The van der Waals surface area contributed by atoms with Gasteiger partial charge in [-0.25, -0.2) is 16.8 Å². The van der Waals surface area contributed by atoms with Crippen LogP contribution in [0.25, 0.3) is 0 Å². The van der Waals surface area contributed by atoms with E-state index in [1.807, 2.05) is 0 Å². The summed E-state index contributed by atoms with van der Waals surface area (Å²) in [6.07, 6.45) is 1.06. The largest absolute Gasteiger partial charge is 0.322 e. The first-order valence-electron chi connectivity index (χ1n) is 11.6. The van der Waals surface area contributed by atoms with E-state index in [9.17, 15) is 21.6 Å². The molecule has 214 valence electrons. The third-order valence-electron chi connectivity index (χ3n) is 5.74. The topological polar surface area (TPSA) is 113 Å². The van der Waals surface area contributed by atoms with Crippen LogP contribution in [0.1, 0.15) is 15.9 Å². The zero-order valence-corrected chi connectivity index (χ0v) is 25.8. The minimum atomic E-state index is -3.95. The van der Waals surface area contributed by atoms with Gasteiger partial charge >= 0.3 is 0 Å². The van der Waals surface area contributed by atoms with Crippen LogP contribution in [0.4, 0.5) is 17.1 Å². The summed E-state index contributed by atoms with van der Waals surface area (Å²) in [5.41, 5.74) is 1.68. The van der Waals surface area contributed by atoms with Crippen LogP contribution >= 0.6 is 46.4 Å². The molecule has 0 fully saturated rings. The Kier molecular flexibility index (Phi) is 9.42. The second kappa shape index (κ2) is 12.5. The molecule has 0 saturated carbocycles. The lowest BCUT2D eigenvalue weighted by Crippen LogP contribution is -2.29. The number of carbonyl (C=O) groups is 1. The molecule has 0 bridgehead atoms. The standard InChI is InChI=1S/C27H21Cl4N3O5S2/c1-40(36,37)34(25-4-2-3-22(29)26(25)31)16-17-5-7-18(8-6-17)27(35)32-20-10-12-21(13-11-20)41(38,39)33-24-14-9-19(28)15-23(24)30/h2-15,33H,16H2,1H3,(H,32,35). The van der Waals surface area contributed by atoms with Gasteiger partial charge in [0.15, 0.2) is 0 Å². The van der Waals surface area contributed by atoms with Crippen molar-refractivity contribution >= 4 is 89.4 Å². The van der Waals surface area contributed by atoms with E-state index in [1.54, 1.807) is 42.5 Å². The summed E-state index contributed by atoms with van der Waals surface area (Å²) in [6, 6.07) is 21.0. The Hall–Kier alpha value is -2.99. The molecule has 0 unspecified atom stereocenters. The van der Waals surface area contributed by atoms with E-state index >= 15 is 0 Å². The molecule has 0 atom stereocenters. The molecule has 0 aliphatic rings. The maximum absolute atomic E-state index is 12.8. The molecule has 0 aliphatic heterocycles. The molecule has 41 heavy (non-hydrogen) atoms. The van der Waals surface area contributed by atoms with Crippen molar-refractivity contribution < 1.29 is 21.6 Å². The molecule has 4 rings (SSSR count). The maximum atomic E-state index is 12.8. The first-order chi connectivity index (χ1) is 19.2. The summed E-state index contributed by atoms with van der Waals surface area (Å²) in [6.45, 7) is -0.0357. The lowest BCUT2D eigenvalue weighted by Gasteiger charge is -2.24. The molecule has 1 amide bonds. The minimum absolute atomic E-state index is 0.0357. The summed E-state index contributed by atoms with van der Waals surface area (Å²) in [5, 5.41) is 3.54. The molecular weight excluding hydrogens is 652 g/mol. The van der Waals surface area contributed by atoms with Crippen molar-refractivity contribution in [1.29, 1.82) is 0 Å². The Morgan fingerprint density at radius 3 is 2.07 bits per heavy atom. The van der Waals surface area contributed by atoms with Gasteiger partial charge in [-0.2, -0.15) is 0 Å². The average Bonchev–Trinajstić information content (AvgIpc) is 2.91. The van der Waals surface area contributed by atoms with Gasteiger partial charge in [-0.3, -0.25) is 13.8 Å². The van der Waals surface area contributed by atoms with Gasteiger partial charge in [0, 0.05) is 16.3 Å². The van der Waals surface area contributed by atoms with Crippen molar-refractivity contribution in [1.82, 2.24) is 0 Å². The minimum Gasteiger partial charge on any atom is -0.322 e. The lowest BCUT2D eigenvalue weighted by molar-refractivity contribution is 0.102. The fraction of sp³-hybridized carbons (Fsp3) is 0.0741. The molecule has 0 aliphatic carbocycles. The Morgan fingerprint density at radius 2 is 1.46 bits per heavy atom. The number of carbonyl (C=O) groups excluding carboxylic acids is 1. The molecule has 14 heteroatoms. The second-order valence-corrected chi connectivity index (χ2v) is 14.0. The third kappa shape index (κ3) is 7.65. The predicted octanol–water partition coefficient (Wildman–Crippen LogP) is 7.32. The highest BCUT2D eigenvalue weighted by Gasteiger charge is 2.22. The van der Waals surface area contributed by atoms with E-state index in [0.717, 1.165) is 10.6 Å². The molecule has 4 aromatic carbocycles. The van der Waals surface area contributed by atoms with Gasteiger partial charge in [-0.1, -0.05) is 64.6 Å². The van der Waals surface area contributed by atoms with Gasteiger partial charge in [0.05, 0.1) is 44.1 Å². The predicted molar refractivity (Wildman–Crippen MR) is 166 cm³/mol. The van der Waals surface area contributed by atoms with Gasteiger partial charge in [-0.05, 0) is 72.3 Å². The lowest BCUT2D eigenvalue weighted by atomic mass is 10.1. The fourth-order valence-electron chi connectivity index (χ4n) is 3.69. The van der Waals surface area contributed by atoms with E-state index < -0.39 is 26.0 Å². The molecule has 0 heterocycles. The molecule has 8 nitrogen and oxygen atoms in total. The number of halogens is 4. The van der Waals surface area contributed by atoms with Gasteiger partial charge in [-0.15, -0.1) is 0 Å². The van der Waals surface area contributed by atoms with E-state index in [-0.39, 0.29) is 37.9 Å². The maximum Gasteiger partial charge on any atom is 0.261 e. The molecule has 0 saturated heterocycles. The Balaban J connectivity index is 1.44. The van der Waals surface area contributed by atoms with Crippen molar-refractivity contribution in [3.63, 3.8) is 0 Å². The number of hydrogen-bond donors (Lipinski definition) is 2. The summed E-state index contributed by atoms with van der Waals surface area (Å²) in [5.74, 6) is -0.448. The van der Waals surface area contributed by atoms with Gasteiger partial charge in [0.1, 0.15) is 0 Å². The molecule has 0 spiro atoms. The first-order valence-corrected chi connectivity index (χ1v) is 16.5. The smallest absolute Gasteiger partial charge is 0.261 e. The molecule has 4 aromatic rings. The van der Waals surface area contributed by atoms with E-state index in [0.29, 0.717) is 21.8 Å². The number of sulfonamides is 2. The first kappa shape index (κ1) is 31.0. The van der Waals surface area contributed by atoms with Crippen molar-refractivity contribution in [3.05, 3.63) is 116 Å². The Morgan fingerprint density at radius 1 is 0.805 bits per heavy atom. The highest BCUT2D eigenvalue weighted by molar-refractivity contribution is 7.92. The number of amides is 1. The van der Waals surface area contributed by atoms with Crippen LogP contribution in [0.3, 0.4) is 0 Å². The number of nitrogens with one attached hydrogen (secondary N) is 2. The van der Waals surface area contributed by atoms with Crippen LogP contribution < -0.4 is 14.3 Å². The number of benzene rings is 4. The average molecular weight is 673 g/mol. The van der Waals surface area contributed by atoms with Gasteiger partial charge in [0.25, 0.3) is 15.9 Å².